The topological polar surface area (TPSA) is 187 Å². The number of nitrogen functional groups attached to an aromatic ring is 1. The minimum Gasteiger partial charge on any atom is -0.477 e. The van der Waals surface area contributed by atoms with Gasteiger partial charge in [-0.2, -0.15) is 9.83 Å². The Morgan fingerprint density at radius 2 is 2.23 bits per heavy atom. The molecule has 5 rings (SSSR count). The number of nitrogens with one attached hydrogen (secondary N) is 2. The summed E-state index contributed by atoms with van der Waals surface area (Å²) < 4.78 is 1.92. The standard InChI is InChI=1S/C23H20N8O5S3/c1-36-29-15(14-10-39-23(25)27-14)18(32)28-16-19(33)31-17(22(34)35)11(8-37-21(16)31)7-30-6-2-3-12-13(26-5-4-24)9-38-20(12)30/h2-3,6,9-10,16,21,26H,5,7-8H2,1H3,(H3-,25,27,28,32,34,35)/p+1/b29-15-/t16?,21-/m1/s1. The van der Waals surface area contributed by atoms with Gasteiger partial charge in [0.1, 0.15) is 36.5 Å². The number of rotatable bonds is 9. The Balaban J connectivity index is 1.37. The van der Waals surface area contributed by atoms with Crippen LogP contribution >= 0.6 is 34.4 Å². The monoisotopic (exact) mass is 585 g/mol. The third-order valence-electron chi connectivity index (χ3n) is 6.02. The number of nitriles is 1. The second-order valence-electron chi connectivity index (χ2n) is 8.33. The van der Waals surface area contributed by atoms with Crippen LogP contribution in [0.25, 0.3) is 10.2 Å². The second-order valence-corrected chi connectivity index (χ2v) is 11.2. The number of nitrogens with zero attached hydrogens (tertiary/aromatic N) is 5. The maximum atomic E-state index is 13.1. The van der Waals surface area contributed by atoms with E-state index in [0.29, 0.717) is 11.3 Å². The average molecular weight is 586 g/mol. The lowest BCUT2D eigenvalue weighted by atomic mass is 10.0. The van der Waals surface area contributed by atoms with Crippen LogP contribution in [-0.2, 0) is 25.8 Å². The summed E-state index contributed by atoms with van der Waals surface area (Å²) in [6.45, 7) is 0.423. The number of thioether (sulfide) groups is 1. The first-order chi connectivity index (χ1) is 18.8. The van der Waals surface area contributed by atoms with Gasteiger partial charge in [-0.15, -0.1) is 23.1 Å². The number of hydrogen-bond acceptors (Lipinski definition) is 12. The van der Waals surface area contributed by atoms with Gasteiger partial charge in [-0.3, -0.25) is 14.5 Å². The van der Waals surface area contributed by atoms with Crippen molar-refractivity contribution in [2.24, 2.45) is 5.16 Å². The van der Waals surface area contributed by atoms with E-state index in [1.165, 1.54) is 35.1 Å². The van der Waals surface area contributed by atoms with Gasteiger partial charge in [-0.25, -0.2) is 9.78 Å². The van der Waals surface area contributed by atoms with Crippen LogP contribution in [0.3, 0.4) is 0 Å². The lowest BCUT2D eigenvalue weighted by molar-refractivity contribution is -0.661. The number of carbonyl (C=O) groups is 3. The van der Waals surface area contributed by atoms with E-state index in [1.54, 1.807) is 5.38 Å². The molecule has 0 radical (unpaired) electrons. The molecule has 13 nitrogen and oxygen atoms in total. The van der Waals surface area contributed by atoms with E-state index in [2.05, 4.69) is 26.8 Å². The molecule has 39 heavy (non-hydrogen) atoms. The molecule has 0 bridgehead atoms. The highest BCUT2D eigenvalue weighted by atomic mass is 32.2. The van der Waals surface area contributed by atoms with Gasteiger partial charge in [0.2, 0.25) is 0 Å². The second kappa shape index (κ2) is 10.9. The number of carboxylic acid groups (broad SMARTS) is 1. The van der Waals surface area contributed by atoms with E-state index in [9.17, 15) is 19.5 Å². The minimum absolute atomic E-state index is 0.0869. The van der Waals surface area contributed by atoms with Gasteiger partial charge >= 0.3 is 5.97 Å². The van der Waals surface area contributed by atoms with Crippen molar-refractivity contribution in [3.63, 3.8) is 0 Å². The zero-order chi connectivity index (χ0) is 27.7. The first kappa shape index (κ1) is 26.4. The van der Waals surface area contributed by atoms with E-state index in [4.69, 9.17) is 15.8 Å². The molecule has 5 heterocycles. The number of β-lactam (4-membered cyclic amide) rings is 1. The number of carboxylic acids is 1. The van der Waals surface area contributed by atoms with Crippen LogP contribution in [0.1, 0.15) is 5.69 Å². The quantitative estimate of drug-likeness (QED) is 0.0926. The Hall–Kier alpha value is -4.20. The molecule has 2 amide bonds. The number of pyridine rings is 1. The summed E-state index contributed by atoms with van der Waals surface area (Å²) in [5.41, 5.74) is 7.03. The van der Waals surface area contributed by atoms with Crippen LogP contribution in [0.5, 0.6) is 0 Å². The van der Waals surface area contributed by atoms with Gasteiger partial charge in [0.15, 0.2) is 23.6 Å². The fourth-order valence-corrected chi connectivity index (χ4v) is 7.25. The summed E-state index contributed by atoms with van der Waals surface area (Å²) in [6, 6.07) is 4.88. The molecule has 1 saturated heterocycles. The van der Waals surface area contributed by atoms with E-state index in [1.807, 2.05) is 28.3 Å². The fraction of sp³-hybridized carbons (Fsp3) is 0.261. The molecule has 2 atom stereocenters. The largest absolute Gasteiger partial charge is 0.477 e. The molecule has 2 aliphatic heterocycles. The summed E-state index contributed by atoms with van der Waals surface area (Å²) in [7, 11) is 1.28. The normalized spacial score (nSPS) is 18.8. The number of aliphatic carboxylic acids is 1. The van der Waals surface area contributed by atoms with Gasteiger partial charge in [-0.05, 0) is 6.07 Å². The maximum absolute atomic E-state index is 13.1. The van der Waals surface area contributed by atoms with Crippen molar-refractivity contribution in [3.8, 4) is 6.07 Å². The van der Waals surface area contributed by atoms with Gasteiger partial charge < -0.3 is 26.3 Å². The van der Waals surface area contributed by atoms with Crippen molar-refractivity contribution in [2.75, 3.05) is 30.5 Å². The number of carbonyl (C=O) groups excluding carboxylic acids is 2. The SMILES string of the molecule is CO/N=C(\C(=O)NC1C(=O)N2C(C(=O)O)=C(C[n+]3cccc4c(NCC#N)csc43)CS[C@H]12)c1csc(N)n1. The van der Waals surface area contributed by atoms with Crippen LogP contribution in [0, 0.1) is 11.3 Å². The number of thiophene rings is 1. The van der Waals surface area contributed by atoms with E-state index < -0.39 is 29.2 Å². The third-order valence-corrected chi connectivity index (χ3v) is 9.06. The lowest BCUT2D eigenvalue weighted by Gasteiger charge is -2.49. The summed E-state index contributed by atoms with van der Waals surface area (Å²) in [4.78, 5) is 49.4. The van der Waals surface area contributed by atoms with Gasteiger partial charge in [-0.1, -0.05) is 16.5 Å². The molecule has 2 aliphatic rings. The summed E-state index contributed by atoms with van der Waals surface area (Å²) in [6.07, 6.45) is 1.85. The molecule has 3 aromatic rings. The number of hydrogen-bond donors (Lipinski definition) is 4. The van der Waals surface area contributed by atoms with E-state index in [0.717, 1.165) is 27.2 Å². The number of aromatic nitrogens is 2. The van der Waals surface area contributed by atoms with Gasteiger partial charge in [0.05, 0.1) is 17.1 Å². The van der Waals surface area contributed by atoms with E-state index >= 15 is 0 Å². The smallest absolute Gasteiger partial charge is 0.352 e. The Kier molecular flexibility index (Phi) is 7.37. The predicted molar refractivity (Wildman–Crippen MR) is 146 cm³/mol. The number of nitrogens with two attached hydrogens (primary N) is 1. The summed E-state index contributed by atoms with van der Waals surface area (Å²) in [5, 5.41) is 32.4. The Morgan fingerprint density at radius 1 is 1.41 bits per heavy atom. The number of anilines is 2. The van der Waals surface area contributed by atoms with Crippen molar-refractivity contribution in [2.45, 2.75) is 18.0 Å². The van der Waals surface area contributed by atoms with Crippen molar-refractivity contribution >= 4 is 79.0 Å². The first-order valence-electron chi connectivity index (χ1n) is 11.4. The fourth-order valence-electron chi connectivity index (χ4n) is 4.36. The molecule has 0 spiro atoms. The molecule has 200 valence electrons. The summed E-state index contributed by atoms with van der Waals surface area (Å²) >= 11 is 3.96. The molecular formula is C23H21N8O5S3+. The Bertz CT molecular complexity index is 1590. The third kappa shape index (κ3) is 4.87. The van der Waals surface area contributed by atoms with Gasteiger partial charge in [0, 0.05) is 28.2 Å². The lowest BCUT2D eigenvalue weighted by Crippen LogP contribution is -2.71. The molecule has 0 saturated carbocycles. The van der Waals surface area contributed by atoms with Crippen LogP contribution in [0.4, 0.5) is 10.8 Å². The van der Waals surface area contributed by atoms with Crippen molar-refractivity contribution < 1.29 is 28.9 Å². The highest BCUT2D eigenvalue weighted by molar-refractivity contribution is 8.00. The zero-order valence-corrected chi connectivity index (χ0v) is 22.7. The van der Waals surface area contributed by atoms with Crippen molar-refractivity contribution in [1.29, 1.82) is 5.26 Å². The maximum Gasteiger partial charge on any atom is 0.352 e. The number of amides is 2. The van der Waals surface area contributed by atoms with Crippen molar-refractivity contribution in [3.05, 3.63) is 46.1 Å². The highest BCUT2D eigenvalue weighted by Crippen LogP contribution is 2.40. The number of oxime groups is 1. The Morgan fingerprint density at radius 3 is 2.92 bits per heavy atom. The molecule has 5 N–H and O–H groups in total. The Labute approximate surface area is 233 Å². The molecule has 1 fully saturated rings. The van der Waals surface area contributed by atoms with Crippen molar-refractivity contribution in [1.82, 2.24) is 15.2 Å². The highest BCUT2D eigenvalue weighted by Gasteiger charge is 2.55. The van der Waals surface area contributed by atoms with Gasteiger partial charge in [0.25, 0.3) is 16.6 Å². The van der Waals surface area contributed by atoms with E-state index in [-0.39, 0.29) is 35.3 Å². The number of fused-ring (bicyclic) bond motifs is 2. The van der Waals surface area contributed by atoms with Crippen LogP contribution < -0.4 is 20.9 Å². The van der Waals surface area contributed by atoms with Crippen LogP contribution in [0.2, 0.25) is 0 Å². The predicted octanol–water partition coefficient (Wildman–Crippen LogP) is 0.952. The van der Waals surface area contributed by atoms with Crippen LogP contribution in [-0.4, -0.2) is 69.3 Å². The average Bonchev–Trinajstić information content (AvgIpc) is 3.55. The molecule has 16 heteroatoms. The first-order valence-corrected chi connectivity index (χ1v) is 14.2. The molecule has 0 aliphatic carbocycles. The summed E-state index contributed by atoms with van der Waals surface area (Å²) in [5.74, 6) is -2.10. The molecular weight excluding hydrogens is 565 g/mol. The molecule has 3 aromatic heterocycles. The number of thiazole rings is 1. The van der Waals surface area contributed by atoms with Crippen LogP contribution in [0.15, 0.2) is 45.5 Å². The minimum atomic E-state index is -1.22. The zero-order valence-electron chi connectivity index (χ0n) is 20.3. The molecule has 1 unspecified atom stereocenters. The molecule has 0 aromatic carbocycles.